The van der Waals surface area contributed by atoms with Crippen LogP contribution in [-0.4, -0.2) is 50.8 Å². The number of nitrogens with zero attached hydrogens (tertiary/aromatic N) is 1. The summed E-state index contributed by atoms with van der Waals surface area (Å²) in [5.74, 6) is 0.228. The lowest BCUT2D eigenvalue weighted by molar-refractivity contribution is 0.340. The minimum Gasteiger partial charge on any atom is -0.496 e. The van der Waals surface area contributed by atoms with Gasteiger partial charge in [0, 0.05) is 28.6 Å². The van der Waals surface area contributed by atoms with E-state index in [0.29, 0.717) is 23.4 Å². The Morgan fingerprint density at radius 1 is 1.07 bits per heavy atom. The van der Waals surface area contributed by atoms with Gasteiger partial charge in [-0.05, 0) is 85.8 Å². The summed E-state index contributed by atoms with van der Waals surface area (Å²) in [6, 6.07) is 12.0. The normalized spacial score (nSPS) is 14.6. The van der Waals surface area contributed by atoms with Crippen molar-refractivity contribution in [3.05, 3.63) is 81.5 Å². The van der Waals surface area contributed by atoms with Crippen LogP contribution in [0, 0.1) is 5.82 Å². The average Bonchev–Trinajstić information content (AvgIpc) is 3.42. The zero-order valence-electron chi connectivity index (χ0n) is 23.6. The molecule has 40 heavy (non-hydrogen) atoms. The van der Waals surface area contributed by atoms with E-state index < -0.39 is 15.8 Å². The molecule has 0 amide bonds. The Labute approximate surface area is 236 Å². The first-order valence-electron chi connectivity index (χ1n) is 13.6. The van der Waals surface area contributed by atoms with Gasteiger partial charge in [-0.3, -0.25) is 9.52 Å². The molecule has 2 heterocycles. The molecule has 1 aliphatic rings. The molecule has 2 aromatic carbocycles. The van der Waals surface area contributed by atoms with Gasteiger partial charge in [0.15, 0.2) is 0 Å². The topological polar surface area (TPSA) is 91.5 Å². The lowest BCUT2D eigenvalue weighted by Crippen LogP contribution is -2.24. The van der Waals surface area contributed by atoms with Crippen molar-refractivity contribution in [3.8, 4) is 16.9 Å². The summed E-state index contributed by atoms with van der Waals surface area (Å²) < 4.78 is 47.5. The van der Waals surface area contributed by atoms with Gasteiger partial charge < -0.3 is 14.6 Å². The number of likely N-dealkylation sites (tertiary alicyclic amines) is 1. The van der Waals surface area contributed by atoms with Gasteiger partial charge in [0.25, 0.3) is 5.56 Å². The number of H-pyrrole nitrogens is 1. The monoisotopic (exact) mass is 567 g/mol. The number of nitrogens with one attached hydrogen (secondary N) is 2. The van der Waals surface area contributed by atoms with E-state index in [1.165, 1.54) is 18.9 Å². The van der Waals surface area contributed by atoms with Crippen molar-refractivity contribution in [1.29, 1.82) is 0 Å². The molecule has 1 aromatic heterocycles. The summed E-state index contributed by atoms with van der Waals surface area (Å²) >= 11 is 0. The highest BCUT2D eigenvalue weighted by Crippen LogP contribution is 2.38. The Morgan fingerprint density at radius 3 is 2.42 bits per heavy atom. The van der Waals surface area contributed by atoms with Crippen LogP contribution in [0.5, 0.6) is 5.75 Å². The number of hydrogen-bond donors (Lipinski definition) is 2. The van der Waals surface area contributed by atoms with Crippen molar-refractivity contribution in [2.45, 2.75) is 45.4 Å². The maximum atomic E-state index is 14.0. The highest BCUT2D eigenvalue weighted by molar-refractivity contribution is 7.92. The quantitative estimate of drug-likeness (QED) is 0.298. The second kappa shape index (κ2) is 12.4. The molecular weight excluding hydrogens is 529 g/mol. The van der Waals surface area contributed by atoms with Gasteiger partial charge in [-0.1, -0.05) is 45.1 Å². The summed E-state index contributed by atoms with van der Waals surface area (Å²) in [6.45, 7) is 9.05. The zero-order chi connectivity index (χ0) is 28.9. The van der Waals surface area contributed by atoms with Crippen molar-refractivity contribution in [1.82, 2.24) is 9.88 Å². The van der Waals surface area contributed by atoms with Crippen LogP contribution in [0.2, 0.25) is 0 Å². The Kier molecular flexibility index (Phi) is 9.15. The van der Waals surface area contributed by atoms with Crippen LogP contribution in [0.25, 0.3) is 23.3 Å². The molecule has 3 aromatic rings. The SMILES string of the molecule is COc1c(C=Cc2ccc(NS(=O)(=O)CCCN3CCCC3)cc2)cc(-c2cc(F)c[nH]c2=O)cc1C(C)(C)C. The van der Waals surface area contributed by atoms with E-state index in [4.69, 9.17) is 4.74 Å². The van der Waals surface area contributed by atoms with Crippen molar-refractivity contribution in [2.75, 3.05) is 37.2 Å². The van der Waals surface area contributed by atoms with Crippen LogP contribution in [0.1, 0.15) is 56.7 Å². The number of aromatic nitrogens is 1. The van der Waals surface area contributed by atoms with Crippen LogP contribution < -0.4 is 15.0 Å². The van der Waals surface area contributed by atoms with E-state index in [9.17, 15) is 17.6 Å². The molecule has 9 heteroatoms. The van der Waals surface area contributed by atoms with Crippen LogP contribution >= 0.6 is 0 Å². The number of methoxy groups -OCH3 is 1. The van der Waals surface area contributed by atoms with Gasteiger partial charge in [0.1, 0.15) is 11.6 Å². The predicted octanol–water partition coefficient (Wildman–Crippen LogP) is 5.89. The molecule has 0 radical (unpaired) electrons. The third-order valence-corrected chi connectivity index (χ3v) is 8.41. The summed E-state index contributed by atoms with van der Waals surface area (Å²) in [6.07, 6.45) is 7.79. The molecule has 7 nitrogen and oxygen atoms in total. The lowest BCUT2D eigenvalue weighted by atomic mass is 9.83. The molecule has 214 valence electrons. The standard InChI is InChI=1S/C31H38FN3O4S/c1-31(2,3)28-19-24(27-20-25(32)21-33-30(27)36)18-23(29(28)39-4)11-8-22-9-12-26(13-10-22)34-40(37,38)17-7-16-35-14-5-6-15-35/h8-13,18-21,34H,5-7,14-17H2,1-4H3,(H,33,36). The number of halogens is 1. The largest absolute Gasteiger partial charge is 0.496 e. The van der Waals surface area contributed by atoms with Crippen molar-refractivity contribution in [2.24, 2.45) is 0 Å². The molecule has 0 bridgehead atoms. The van der Waals surface area contributed by atoms with E-state index in [-0.39, 0.29) is 22.3 Å². The molecule has 1 fully saturated rings. The molecule has 0 atom stereocenters. The Morgan fingerprint density at radius 2 is 1.77 bits per heavy atom. The summed E-state index contributed by atoms with van der Waals surface area (Å²) in [5.41, 5.74) is 3.11. The van der Waals surface area contributed by atoms with Crippen LogP contribution in [-0.2, 0) is 15.4 Å². The number of ether oxygens (including phenoxy) is 1. The molecule has 1 saturated heterocycles. The fourth-order valence-electron chi connectivity index (χ4n) is 4.95. The Hall–Kier alpha value is -3.43. The van der Waals surface area contributed by atoms with Gasteiger partial charge >= 0.3 is 0 Å². The lowest BCUT2D eigenvalue weighted by Gasteiger charge is -2.24. The predicted molar refractivity (Wildman–Crippen MR) is 161 cm³/mol. The van der Waals surface area contributed by atoms with E-state index in [0.717, 1.165) is 42.5 Å². The van der Waals surface area contributed by atoms with E-state index in [1.807, 2.05) is 51.1 Å². The number of anilines is 1. The van der Waals surface area contributed by atoms with E-state index in [2.05, 4.69) is 14.6 Å². The second-order valence-electron chi connectivity index (χ2n) is 11.2. The fourth-order valence-corrected chi connectivity index (χ4v) is 6.06. The minimum absolute atomic E-state index is 0.0888. The average molecular weight is 568 g/mol. The van der Waals surface area contributed by atoms with Crippen LogP contribution in [0.3, 0.4) is 0 Å². The third-order valence-electron chi connectivity index (χ3n) is 7.03. The summed E-state index contributed by atoms with van der Waals surface area (Å²) in [7, 11) is -1.83. The second-order valence-corrected chi connectivity index (χ2v) is 13.1. The number of rotatable bonds is 10. The van der Waals surface area contributed by atoms with Crippen molar-refractivity contribution < 1.29 is 17.5 Å². The third kappa shape index (κ3) is 7.61. The molecule has 0 saturated carbocycles. The number of sulfonamides is 1. The molecule has 0 spiro atoms. The first-order valence-corrected chi connectivity index (χ1v) is 15.2. The molecule has 1 aliphatic heterocycles. The summed E-state index contributed by atoms with van der Waals surface area (Å²) in [5, 5.41) is 0. The van der Waals surface area contributed by atoms with E-state index >= 15 is 0 Å². The van der Waals surface area contributed by atoms with Gasteiger partial charge in [-0.2, -0.15) is 0 Å². The van der Waals surface area contributed by atoms with Gasteiger partial charge in [0.2, 0.25) is 10.0 Å². The van der Waals surface area contributed by atoms with Gasteiger partial charge in [0.05, 0.1) is 12.9 Å². The Balaban J connectivity index is 1.54. The highest BCUT2D eigenvalue weighted by Gasteiger charge is 2.23. The highest BCUT2D eigenvalue weighted by atomic mass is 32.2. The molecule has 0 unspecified atom stereocenters. The van der Waals surface area contributed by atoms with Crippen molar-refractivity contribution in [3.63, 3.8) is 0 Å². The maximum absolute atomic E-state index is 14.0. The van der Waals surface area contributed by atoms with Gasteiger partial charge in [-0.15, -0.1) is 0 Å². The van der Waals surface area contributed by atoms with Crippen LogP contribution in [0.15, 0.2) is 53.5 Å². The molecule has 4 rings (SSSR count). The number of benzene rings is 2. The first-order chi connectivity index (χ1) is 18.9. The smallest absolute Gasteiger partial charge is 0.256 e. The Bertz CT molecular complexity index is 1520. The van der Waals surface area contributed by atoms with Gasteiger partial charge in [-0.25, -0.2) is 12.8 Å². The molecular formula is C31H38FN3O4S. The van der Waals surface area contributed by atoms with E-state index in [1.54, 1.807) is 25.3 Å². The first kappa shape index (κ1) is 29.6. The number of hydrogen-bond acceptors (Lipinski definition) is 5. The number of aromatic amines is 1. The zero-order valence-corrected chi connectivity index (χ0v) is 24.4. The maximum Gasteiger partial charge on any atom is 0.256 e. The molecule has 0 aliphatic carbocycles. The molecule has 2 N–H and O–H groups in total. The number of pyridine rings is 1. The minimum atomic E-state index is -3.43. The summed E-state index contributed by atoms with van der Waals surface area (Å²) in [4.78, 5) is 17.3. The fraction of sp³-hybridized carbons (Fsp3) is 0.387. The van der Waals surface area contributed by atoms with Crippen LogP contribution in [0.4, 0.5) is 10.1 Å². The van der Waals surface area contributed by atoms with Crippen molar-refractivity contribution >= 4 is 27.9 Å².